The van der Waals surface area contributed by atoms with Crippen molar-refractivity contribution in [3.8, 4) is 11.8 Å². The van der Waals surface area contributed by atoms with Gasteiger partial charge >= 0.3 is 0 Å². The summed E-state index contributed by atoms with van der Waals surface area (Å²) in [6, 6.07) is 17.7. The van der Waals surface area contributed by atoms with Crippen LogP contribution in [0.1, 0.15) is 54.3 Å². The Bertz CT molecular complexity index is 1010. The highest BCUT2D eigenvalue weighted by Gasteiger charge is 2.24. The van der Waals surface area contributed by atoms with Gasteiger partial charge in [-0.1, -0.05) is 36.1 Å². The highest BCUT2D eigenvalue weighted by molar-refractivity contribution is 7.18. The minimum Gasteiger partial charge on any atom is -0.330 e. The van der Waals surface area contributed by atoms with Gasteiger partial charge in [0.1, 0.15) is 5.01 Å². The molecule has 2 aromatic carbocycles. The van der Waals surface area contributed by atoms with Crippen molar-refractivity contribution in [2.24, 2.45) is 5.73 Å². The van der Waals surface area contributed by atoms with Gasteiger partial charge in [-0.15, -0.1) is 11.3 Å². The quantitative estimate of drug-likeness (QED) is 0.425. The third-order valence-electron chi connectivity index (χ3n) is 5.89. The lowest BCUT2D eigenvalue weighted by atomic mass is 10.00. The highest BCUT2D eigenvalue weighted by Crippen LogP contribution is 2.31. The predicted molar refractivity (Wildman–Crippen MR) is 131 cm³/mol. The molecular formula is C26H32N4S. The third-order valence-corrected chi connectivity index (χ3v) is 6.99. The standard InChI is InChI=1S/C26H32N4S/c1-30-17-14-22(15-18-30)28-25(26-29-23-12-5-6-13-24(23)31-26)21-11-8-10-20(19-21)9-4-2-3-7-16-27/h5-6,8,10-13,19,22,25,28H,2-3,7,14-18,27H2,1H3. The van der Waals surface area contributed by atoms with E-state index in [1.54, 1.807) is 11.3 Å². The molecule has 1 unspecified atom stereocenters. The van der Waals surface area contributed by atoms with Crippen LogP contribution in [0.15, 0.2) is 48.5 Å². The topological polar surface area (TPSA) is 54.2 Å². The molecular weight excluding hydrogens is 400 g/mol. The van der Waals surface area contributed by atoms with Crippen LogP contribution in [0.5, 0.6) is 0 Å². The lowest BCUT2D eigenvalue weighted by Gasteiger charge is -2.32. The van der Waals surface area contributed by atoms with Crippen LogP contribution in [0.3, 0.4) is 0 Å². The molecule has 3 N–H and O–H groups in total. The molecule has 1 atom stereocenters. The molecule has 162 valence electrons. The largest absolute Gasteiger partial charge is 0.330 e. The van der Waals surface area contributed by atoms with Crippen LogP contribution < -0.4 is 11.1 Å². The monoisotopic (exact) mass is 432 g/mol. The Morgan fingerprint density at radius 2 is 2.00 bits per heavy atom. The summed E-state index contributed by atoms with van der Waals surface area (Å²) in [7, 11) is 2.21. The smallest absolute Gasteiger partial charge is 0.115 e. The van der Waals surface area contributed by atoms with Crippen LogP contribution in [0.2, 0.25) is 0 Å². The van der Waals surface area contributed by atoms with Crippen molar-refractivity contribution in [1.82, 2.24) is 15.2 Å². The van der Waals surface area contributed by atoms with E-state index in [-0.39, 0.29) is 6.04 Å². The summed E-state index contributed by atoms with van der Waals surface area (Å²) in [6.07, 6.45) is 5.33. The van der Waals surface area contributed by atoms with Crippen molar-refractivity contribution in [2.45, 2.75) is 44.2 Å². The fourth-order valence-electron chi connectivity index (χ4n) is 4.05. The molecule has 0 bridgehead atoms. The molecule has 1 fully saturated rings. The minimum atomic E-state index is 0.0878. The van der Waals surface area contributed by atoms with Crippen LogP contribution in [-0.4, -0.2) is 42.6 Å². The van der Waals surface area contributed by atoms with Crippen LogP contribution >= 0.6 is 11.3 Å². The van der Waals surface area contributed by atoms with Crippen LogP contribution in [0, 0.1) is 11.8 Å². The van der Waals surface area contributed by atoms with Crippen molar-refractivity contribution in [3.05, 3.63) is 64.7 Å². The van der Waals surface area contributed by atoms with Crippen molar-refractivity contribution in [2.75, 3.05) is 26.7 Å². The number of aromatic nitrogens is 1. The summed E-state index contributed by atoms with van der Waals surface area (Å²) in [5.41, 5.74) is 8.97. The number of nitrogens with one attached hydrogen (secondary N) is 1. The van der Waals surface area contributed by atoms with Gasteiger partial charge in [0.2, 0.25) is 0 Å². The fourth-order valence-corrected chi connectivity index (χ4v) is 5.11. The summed E-state index contributed by atoms with van der Waals surface area (Å²) in [6.45, 7) is 3.01. The van der Waals surface area contributed by atoms with Crippen molar-refractivity contribution >= 4 is 21.6 Å². The van der Waals surface area contributed by atoms with E-state index in [0.717, 1.165) is 55.0 Å². The van der Waals surface area contributed by atoms with E-state index in [2.05, 4.69) is 77.6 Å². The Labute approximate surface area is 189 Å². The maximum atomic E-state index is 5.58. The average molecular weight is 433 g/mol. The third kappa shape index (κ3) is 5.93. The van der Waals surface area contributed by atoms with Gasteiger partial charge in [-0.05, 0) is 82.2 Å². The first-order valence-electron chi connectivity index (χ1n) is 11.3. The summed E-state index contributed by atoms with van der Waals surface area (Å²) in [5, 5.41) is 5.07. The molecule has 4 rings (SSSR count). The molecule has 0 aliphatic carbocycles. The van der Waals surface area contributed by atoms with E-state index in [9.17, 15) is 0 Å². The maximum absolute atomic E-state index is 5.58. The molecule has 0 radical (unpaired) electrons. The van der Waals surface area contributed by atoms with Gasteiger partial charge in [0.05, 0.1) is 16.3 Å². The van der Waals surface area contributed by atoms with Gasteiger partial charge in [-0.2, -0.15) is 0 Å². The second-order valence-corrected chi connectivity index (χ2v) is 9.43. The Morgan fingerprint density at radius 3 is 2.81 bits per heavy atom. The van der Waals surface area contributed by atoms with E-state index in [1.165, 1.54) is 23.1 Å². The van der Waals surface area contributed by atoms with Crippen molar-refractivity contribution < 1.29 is 0 Å². The zero-order chi connectivity index (χ0) is 21.5. The molecule has 1 aliphatic rings. The lowest BCUT2D eigenvalue weighted by molar-refractivity contribution is 0.229. The number of para-hydroxylation sites is 1. The van der Waals surface area contributed by atoms with Crippen LogP contribution in [0.4, 0.5) is 0 Å². The number of rotatable bonds is 7. The first-order valence-corrected chi connectivity index (χ1v) is 12.1. The van der Waals surface area contributed by atoms with E-state index in [1.807, 2.05) is 0 Å². The summed E-state index contributed by atoms with van der Waals surface area (Å²) >= 11 is 1.79. The van der Waals surface area contributed by atoms with Gasteiger partial charge in [0, 0.05) is 18.0 Å². The number of likely N-dealkylation sites (tertiary alicyclic amines) is 1. The van der Waals surface area contributed by atoms with Gasteiger partial charge in [0.15, 0.2) is 0 Å². The second-order valence-electron chi connectivity index (χ2n) is 8.37. The number of nitrogens with two attached hydrogens (primary N) is 1. The van der Waals surface area contributed by atoms with E-state index >= 15 is 0 Å². The predicted octanol–water partition coefficient (Wildman–Crippen LogP) is 4.55. The van der Waals surface area contributed by atoms with Gasteiger partial charge in [0.25, 0.3) is 0 Å². The number of fused-ring (bicyclic) bond motifs is 1. The van der Waals surface area contributed by atoms with Crippen molar-refractivity contribution in [3.63, 3.8) is 0 Å². The zero-order valence-electron chi connectivity index (χ0n) is 18.3. The first-order chi connectivity index (χ1) is 15.2. The summed E-state index contributed by atoms with van der Waals surface area (Å²) in [5.74, 6) is 6.65. The van der Waals surface area contributed by atoms with Crippen molar-refractivity contribution in [1.29, 1.82) is 0 Å². The normalized spacial score (nSPS) is 16.2. The number of hydrogen-bond donors (Lipinski definition) is 2. The molecule has 1 saturated heterocycles. The van der Waals surface area contributed by atoms with Gasteiger partial charge in [-0.3, -0.25) is 0 Å². The van der Waals surface area contributed by atoms with Gasteiger partial charge in [-0.25, -0.2) is 4.98 Å². The number of unbranched alkanes of at least 4 members (excludes halogenated alkanes) is 2. The first kappa shape index (κ1) is 22.0. The molecule has 5 heteroatoms. The minimum absolute atomic E-state index is 0.0878. The second kappa shape index (κ2) is 10.9. The van der Waals surface area contributed by atoms with E-state index < -0.39 is 0 Å². The summed E-state index contributed by atoms with van der Waals surface area (Å²) in [4.78, 5) is 7.40. The van der Waals surface area contributed by atoms with Crippen LogP contribution in [0.25, 0.3) is 10.2 Å². The molecule has 1 aromatic heterocycles. The molecule has 0 amide bonds. The molecule has 4 nitrogen and oxygen atoms in total. The molecule has 2 heterocycles. The van der Waals surface area contributed by atoms with Crippen LogP contribution in [-0.2, 0) is 0 Å². The number of thiazole rings is 1. The molecule has 0 spiro atoms. The van der Waals surface area contributed by atoms with Gasteiger partial charge < -0.3 is 16.0 Å². The number of piperidine rings is 1. The molecule has 0 saturated carbocycles. The number of benzene rings is 2. The van der Waals surface area contributed by atoms with E-state index in [4.69, 9.17) is 10.7 Å². The Kier molecular flexibility index (Phi) is 7.71. The molecule has 1 aliphatic heterocycles. The fraction of sp³-hybridized carbons (Fsp3) is 0.423. The Balaban J connectivity index is 1.60. The SMILES string of the molecule is CN1CCC(NC(c2cccc(C#CCCCCN)c2)c2nc3ccccc3s2)CC1. The number of hydrogen-bond acceptors (Lipinski definition) is 5. The zero-order valence-corrected chi connectivity index (χ0v) is 19.1. The Morgan fingerprint density at radius 1 is 1.16 bits per heavy atom. The number of nitrogens with zero attached hydrogens (tertiary/aromatic N) is 2. The van der Waals surface area contributed by atoms with E-state index in [0.29, 0.717) is 6.04 Å². The Hall–Kier alpha value is -2.23. The highest BCUT2D eigenvalue weighted by atomic mass is 32.1. The maximum Gasteiger partial charge on any atom is 0.115 e. The summed E-state index contributed by atoms with van der Waals surface area (Å²) < 4.78 is 1.24. The lowest BCUT2D eigenvalue weighted by Crippen LogP contribution is -2.42. The molecule has 31 heavy (non-hydrogen) atoms. The molecule has 3 aromatic rings. The average Bonchev–Trinajstić information content (AvgIpc) is 3.23.